The lowest BCUT2D eigenvalue weighted by atomic mass is 10.1. The summed E-state index contributed by atoms with van der Waals surface area (Å²) in [5.41, 5.74) is 0.194. The fourth-order valence-corrected chi connectivity index (χ4v) is 1.63. The normalized spacial score (nSPS) is 16.1. The van der Waals surface area contributed by atoms with Crippen molar-refractivity contribution in [1.29, 1.82) is 0 Å². The summed E-state index contributed by atoms with van der Waals surface area (Å²) in [4.78, 5) is 24.3. The maximum Gasteiger partial charge on any atom is 0.317 e. The molecule has 0 radical (unpaired) electrons. The van der Waals surface area contributed by atoms with Crippen molar-refractivity contribution >= 4 is 12.0 Å². The highest BCUT2D eigenvalue weighted by atomic mass is 16.4. The number of urea groups is 1. The number of aliphatic carboxylic acids is 1. The van der Waals surface area contributed by atoms with E-state index >= 15 is 0 Å². The van der Waals surface area contributed by atoms with Gasteiger partial charge in [0.25, 0.3) is 0 Å². The average molecular weight is 240 g/mol. The zero-order chi connectivity index (χ0) is 13.1. The Labute approximate surface area is 101 Å². The van der Waals surface area contributed by atoms with Crippen molar-refractivity contribution in [2.75, 3.05) is 19.6 Å². The molecular weight excluding hydrogens is 220 g/mol. The summed E-state index contributed by atoms with van der Waals surface area (Å²) in [6, 6.07) is -0.219. The third kappa shape index (κ3) is 3.47. The fourth-order valence-electron chi connectivity index (χ4n) is 1.63. The molecule has 0 spiro atoms. The Kier molecular flexibility index (Phi) is 4.15. The van der Waals surface area contributed by atoms with E-state index in [9.17, 15) is 9.59 Å². The predicted molar refractivity (Wildman–Crippen MR) is 64.8 cm³/mol. The molecule has 5 heteroatoms. The lowest BCUT2D eigenvalue weighted by Gasteiger charge is -2.22. The minimum absolute atomic E-state index is 0.216. The third-order valence-electron chi connectivity index (χ3n) is 3.01. The van der Waals surface area contributed by atoms with Gasteiger partial charge in [0, 0.05) is 19.6 Å². The van der Waals surface area contributed by atoms with Crippen LogP contribution in [0.25, 0.3) is 0 Å². The van der Waals surface area contributed by atoms with Crippen molar-refractivity contribution in [3.05, 3.63) is 12.2 Å². The highest BCUT2D eigenvalue weighted by molar-refractivity contribution is 5.80. The van der Waals surface area contributed by atoms with Gasteiger partial charge in [0.2, 0.25) is 0 Å². The Morgan fingerprint density at radius 2 is 2.06 bits per heavy atom. The van der Waals surface area contributed by atoms with Crippen LogP contribution in [0.1, 0.15) is 26.7 Å². The van der Waals surface area contributed by atoms with Crippen LogP contribution in [0.2, 0.25) is 0 Å². The van der Waals surface area contributed by atoms with Gasteiger partial charge in [-0.2, -0.15) is 0 Å². The number of likely N-dealkylation sites (N-methyl/N-ethyl adjacent to an activating group) is 1. The van der Waals surface area contributed by atoms with Gasteiger partial charge >= 0.3 is 12.0 Å². The Balaban J connectivity index is 2.43. The van der Waals surface area contributed by atoms with Crippen molar-refractivity contribution < 1.29 is 14.7 Å². The molecule has 0 aromatic rings. The van der Waals surface area contributed by atoms with Crippen molar-refractivity contribution in [1.82, 2.24) is 10.2 Å². The van der Waals surface area contributed by atoms with Crippen molar-refractivity contribution in [3.63, 3.8) is 0 Å². The van der Waals surface area contributed by atoms with Gasteiger partial charge in [-0.25, -0.2) is 4.79 Å². The Morgan fingerprint density at radius 1 is 1.47 bits per heavy atom. The lowest BCUT2D eigenvalue weighted by Crippen LogP contribution is -2.44. The Morgan fingerprint density at radius 3 is 2.41 bits per heavy atom. The molecule has 0 unspecified atom stereocenters. The molecule has 1 aliphatic carbocycles. The van der Waals surface area contributed by atoms with E-state index < -0.39 is 11.4 Å². The first-order valence-corrected chi connectivity index (χ1v) is 5.82. The summed E-state index contributed by atoms with van der Waals surface area (Å²) in [6.45, 7) is 8.80. The molecular formula is C12H20N2O3. The van der Waals surface area contributed by atoms with E-state index in [1.54, 1.807) is 4.90 Å². The quantitative estimate of drug-likeness (QED) is 0.690. The minimum atomic E-state index is -0.819. The second kappa shape index (κ2) is 5.21. The third-order valence-corrected chi connectivity index (χ3v) is 3.01. The molecule has 1 saturated carbocycles. The second-order valence-electron chi connectivity index (χ2n) is 4.72. The molecule has 2 amide bonds. The SMILES string of the molecule is C=C(C)CN(CC)C(=O)NCC1(C(=O)O)CC1. The molecule has 5 nitrogen and oxygen atoms in total. The Hall–Kier alpha value is -1.52. The van der Waals surface area contributed by atoms with E-state index in [4.69, 9.17) is 5.11 Å². The standard InChI is InChI=1S/C12H20N2O3/c1-4-14(7-9(2)3)11(17)13-8-12(5-6-12)10(15)16/h2,4-8H2,1,3H3,(H,13,17)(H,15,16). The first kappa shape index (κ1) is 13.5. The zero-order valence-electron chi connectivity index (χ0n) is 10.5. The number of hydrogen-bond acceptors (Lipinski definition) is 2. The number of carboxylic acid groups (broad SMARTS) is 1. The Bertz CT molecular complexity index is 335. The zero-order valence-corrected chi connectivity index (χ0v) is 10.5. The maximum absolute atomic E-state index is 11.8. The molecule has 0 heterocycles. The number of nitrogens with one attached hydrogen (secondary N) is 1. The molecule has 17 heavy (non-hydrogen) atoms. The smallest absolute Gasteiger partial charge is 0.317 e. The summed E-state index contributed by atoms with van der Waals surface area (Å²) in [5.74, 6) is -0.819. The van der Waals surface area contributed by atoms with Crippen LogP contribution < -0.4 is 5.32 Å². The van der Waals surface area contributed by atoms with E-state index in [1.807, 2.05) is 13.8 Å². The number of carboxylic acids is 1. The monoisotopic (exact) mass is 240 g/mol. The molecule has 0 aromatic heterocycles. The van der Waals surface area contributed by atoms with E-state index in [0.717, 1.165) is 5.57 Å². The van der Waals surface area contributed by atoms with Crippen molar-refractivity contribution in [2.45, 2.75) is 26.7 Å². The van der Waals surface area contributed by atoms with Crippen LogP contribution in [0.15, 0.2) is 12.2 Å². The van der Waals surface area contributed by atoms with Gasteiger partial charge in [0.15, 0.2) is 0 Å². The highest BCUT2D eigenvalue weighted by Crippen LogP contribution is 2.45. The molecule has 2 N–H and O–H groups in total. The number of nitrogens with zero attached hydrogens (tertiary/aromatic N) is 1. The van der Waals surface area contributed by atoms with Crippen LogP contribution in [-0.2, 0) is 4.79 Å². The van der Waals surface area contributed by atoms with Gasteiger partial charge in [-0.3, -0.25) is 4.79 Å². The molecule has 0 aliphatic heterocycles. The first-order chi connectivity index (χ1) is 7.91. The van der Waals surface area contributed by atoms with Crippen LogP contribution >= 0.6 is 0 Å². The van der Waals surface area contributed by atoms with E-state index in [1.165, 1.54) is 0 Å². The first-order valence-electron chi connectivity index (χ1n) is 5.82. The predicted octanol–water partition coefficient (Wildman–Crippen LogP) is 1.46. The van der Waals surface area contributed by atoms with E-state index in [-0.39, 0.29) is 12.6 Å². The summed E-state index contributed by atoms with van der Waals surface area (Å²) in [6.07, 6.45) is 1.30. The van der Waals surface area contributed by atoms with Gasteiger partial charge in [-0.05, 0) is 26.7 Å². The van der Waals surface area contributed by atoms with Crippen molar-refractivity contribution in [3.8, 4) is 0 Å². The van der Waals surface area contributed by atoms with Crippen LogP contribution in [0.3, 0.4) is 0 Å². The summed E-state index contributed by atoms with van der Waals surface area (Å²) in [7, 11) is 0. The van der Waals surface area contributed by atoms with Gasteiger partial charge in [0.05, 0.1) is 5.41 Å². The van der Waals surface area contributed by atoms with Crippen LogP contribution in [-0.4, -0.2) is 41.6 Å². The van der Waals surface area contributed by atoms with Crippen LogP contribution in [0, 0.1) is 5.41 Å². The minimum Gasteiger partial charge on any atom is -0.481 e. The van der Waals surface area contributed by atoms with Gasteiger partial charge in [-0.1, -0.05) is 12.2 Å². The van der Waals surface area contributed by atoms with E-state index in [2.05, 4.69) is 11.9 Å². The molecule has 1 rings (SSSR count). The highest BCUT2D eigenvalue weighted by Gasteiger charge is 2.50. The number of carbonyl (C=O) groups is 2. The molecule has 96 valence electrons. The largest absolute Gasteiger partial charge is 0.481 e. The van der Waals surface area contributed by atoms with Gasteiger partial charge in [0.1, 0.15) is 0 Å². The van der Waals surface area contributed by atoms with Crippen LogP contribution in [0.5, 0.6) is 0 Å². The number of hydrogen-bond donors (Lipinski definition) is 2. The van der Waals surface area contributed by atoms with E-state index in [0.29, 0.717) is 25.9 Å². The topological polar surface area (TPSA) is 69.6 Å². The summed E-state index contributed by atoms with van der Waals surface area (Å²) >= 11 is 0. The molecule has 0 atom stereocenters. The molecule has 0 bridgehead atoms. The molecule has 1 aliphatic rings. The maximum atomic E-state index is 11.8. The molecule has 1 fully saturated rings. The lowest BCUT2D eigenvalue weighted by molar-refractivity contribution is -0.143. The summed E-state index contributed by atoms with van der Waals surface area (Å²) < 4.78 is 0. The van der Waals surface area contributed by atoms with Crippen molar-refractivity contribution in [2.24, 2.45) is 5.41 Å². The number of amides is 2. The fraction of sp³-hybridized carbons (Fsp3) is 0.667. The molecule has 0 aromatic carbocycles. The average Bonchev–Trinajstić information content (AvgIpc) is 3.03. The van der Waals surface area contributed by atoms with Gasteiger partial charge in [-0.15, -0.1) is 0 Å². The summed E-state index contributed by atoms with van der Waals surface area (Å²) in [5, 5.41) is 11.7. The number of carbonyl (C=O) groups excluding carboxylic acids is 1. The van der Waals surface area contributed by atoms with Gasteiger partial charge < -0.3 is 15.3 Å². The number of rotatable bonds is 6. The molecule has 0 saturated heterocycles. The second-order valence-corrected chi connectivity index (χ2v) is 4.72. The van der Waals surface area contributed by atoms with Crippen LogP contribution in [0.4, 0.5) is 4.79 Å².